The Morgan fingerprint density at radius 3 is 2.67 bits per heavy atom. The van der Waals surface area contributed by atoms with Gasteiger partial charge in [-0.2, -0.15) is 0 Å². The summed E-state index contributed by atoms with van der Waals surface area (Å²) >= 11 is 0. The quantitative estimate of drug-likeness (QED) is 0.738. The highest BCUT2D eigenvalue weighted by Crippen LogP contribution is 2.38. The fraction of sp³-hybridized carbons (Fsp3) is 0.643. The molecular weight excluding hydrogens is 272 g/mol. The molecule has 1 unspecified atom stereocenters. The largest absolute Gasteiger partial charge is 0.337 e. The Balaban J connectivity index is 1.81. The third-order valence-electron chi connectivity index (χ3n) is 4.57. The second-order valence-corrected chi connectivity index (χ2v) is 6.32. The van der Waals surface area contributed by atoms with Crippen LogP contribution in [-0.2, 0) is 0 Å². The highest BCUT2D eigenvalue weighted by molar-refractivity contribution is 5.92. The smallest absolute Gasteiger partial charge is 0.326 e. The van der Waals surface area contributed by atoms with E-state index in [0.29, 0.717) is 13.1 Å². The van der Waals surface area contributed by atoms with Crippen molar-refractivity contribution < 1.29 is 4.79 Å². The van der Waals surface area contributed by atoms with E-state index < -0.39 is 11.2 Å². The molecule has 114 valence electrons. The van der Waals surface area contributed by atoms with Gasteiger partial charge in [-0.3, -0.25) is 14.6 Å². The first-order valence-corrected chi connectivity index (χ1v) is 7.29. The molecule has 2 aliphatic rings. The predicted octanol–water partition coefficient (Wildman–Crippen LogP) is -0.379. The number of piperidine rings is 1. The van der Waals surface area contributed by atoms with E-state index in [4.69, 9.17) is 0 Å². The van der Waals surface area contributed by atoms with Gasteiger partial charge in [-0.25, -0.2) is 4.79 Å². The topological polar surface area (TPSA) is 89.3 Å². The molecule has 7 nitrogen and oxygen atoms in total. The first-order valence-electron chi connectivity index (χ1n) is 7.29. The van der Waals surface area contributed by atoms with Crippen molar-refractivity contribution in [3.8, 4) is 0 Å². The Hall–Kier alpha value is -1.89. The molecule has 1 spiro atoms. The minimum Gasteiger partial charge on any atom is -0.337 e. The number of H-pyrrole nitrogens is 2. The standard InChI is InChI=1S/C14H20N4O3/c1-17-6-4-14(8-17)3-2-5-18(9-14)12(20)10-7-11(19)16-13(21)15-10/h7H,2-6,8-9H2,1H3,(H2,15,16,19,21). The molecule has 3 rings (SSSR count). The monoisotopic (exact) mass is 292 g/mol. The highest BCUT2D eigenvalue weighted by atomic mass is 16.2. The van der Waals surface area contributed by atoms with Crippen LogP contribution in [0, 0.1) is 5.41 Å². The molecule has 2 saturated heterocycles. The van der Waals surface area contributed by atoms with Gasteiger partial charge in [-0.05, 0) is 32.9 Å². The maximum absolute atomic E-state index is 12.5. The number of likely N-dealkylation sites (tertiary alicyclic amines) is 2. The molecule has 0 saturated carbocycles. The van der Waals surface area contributed by atoms with Crippen molar-refractivity contribution in [1.29, 1.82) is 0 Å². The summed E-state index contributed by atoms with van der Waals surface area (Å²) in [5.41, 5.74) is -0.941. The molecule has 0 aliphatic carbocycles. The van der Waals surface area contributed by atoms with Crippen molar-refractivity contribution in [2.45, 2.75) is 19.3 Å². The number of hydrogen-bond acceptors (Lipinski definition) is 4. The van der Waals surface area contributed by atoms with Crippen molar-refractivity contribution in [3.05, 3.63) is 32.6 Å². The lowest BCUT2D eigenvalue weighted by atomic mass is 9.79. The lowest BCUT2D eigenvalue weighted by Crippen LogP contribution is -2.47. The number of rotatable bonds is 1. The molecule has 0 bridgehead atoms. The number of carbonyl (C=O) groups is 1. The van der Waals surface area contributed by atoms with Gasteiger partial charge in [0.1, 0.15) is 5.69 Å². The normalized spacial score (nSPS) is 26.4. The molecule has 7 heteroatoms. The van der Waals surface area contributed by atoms with E-state index in [-0.39, 0.29) is 17.0 Å². The zero-order valence-electron chi connectivity index (χ0n) is 12.1. The van der Waals surface area contributed by atoms with Crippen LogP contribution in [0.5, 0.6) is 0 Å². The number of aromatic amines is 2. The molecule has 1 aromatic heterocycles. The van der Waals surface area contributed by atoms with E-state index in [9.17, 15) is 14.4 Å². The van der Waals surface area contributed by atoms with Gasteiger partial charge < -0.3 is 14.8 Å². The van der Waals surface area contributed by atoms with Crippen LogP contribution in [0.15, 0.2) is 15.7 Å². The molecule has 1 atom stereocenters. The lowest BCUT2D eigenvalue weighted by Gasteiger charge is -2.40. The molecule has 1 aromatic rings. The van der Waals surface area contributed by atoms with Gasteiger partial charge >= 0.3 is 5.69 Å². The molecule has 0 aromatic carbocycles. The minimum absolute atomic E-state index is 0.0761. The summed E-state index contributed by atoms with van der Waals surface area (Å²) in [6.07, 6.45) is 3.19. The Kier molecular flexibility index (Phi) is 3.44. The fourth-order valence-corrected chi connectivity index (χ4v) is 3.63. The van der Waals surface area contributed by atoms with Crippen LogP contribution in [0.3, 0.4) is 0 Å². The molecule has 21 heavy (non-hydrogen) atoms. The summed E-state index contributed by atoms with van der Waals surface area (Å²) in [4.78, 5) is 43.7. The van der Waals surface area contributed by atoms with Gasteiger partial charge in [0.05, 0.1) is 0 Å². The van der Waals surface area contributed by atoms with Crippen molar-refractivity contribution >= 4 is 5.91 Å². The van der Waals surface area contributed by atoms with E-state index in [0.717, 1.165) is 38.4 Å². The summed E-state index contributed by atoms with van der Waals surface area (Å²) in [6.45, 7) is 3.44. The molecule has 2 fully saturated rings. The Morgan fingerprint density at radius 2 is 2.00 bits per heavy atom. The Labute approximate surface area is 122 Å². The van der Waals surface area contributed by atoms with E-state index in [2.05, 4.69) is 21.9 Å². The number of aromatic nitrogens is 2. The molecule has 2 N–H and O–H groups in total. The Morgan fingerprint density at radius 1 is 1.19 bits per heavy atom. The molecule has 2 aliphatic heterocycles. The van der Waals surface area contributed by atoms with Gasteiger partial charge in [-0.1, -0.05) is 0 Å². The Bertz CT molecular complexity index is 632. The van der Waals surface area contributed by atoms with E-state index in [1.54, 1.807) is 4.90 Å². The van der Waals surface area contributed by atoms with Gasteiger partial charge in [0.15, 0.2) is 0 Å². The third-order valence-corrected chi connectivity index (χ3v) is 4.57. The lowest BCUT2D eigenvalue weighted by molar-refractivity contribution is 0.0528. The van der Waals surface area contributed by atoms with Gasteiger partial charge in [0.2, 0.25) is 0 Å². The van der Waals surface area contributed by atoms with E-state index in [1.807, 2.05) is 0 Å². The van der Waals surface area contributed by atoms with Crippen LogP contribution in [0.4, 0.5) is 0 Å². The first kappa shape index (κ1) is 14.1. The number of hydrogen-bond donors (Lipinski definition) is 2. The predicted molar refractivity (Wildman–Crippen MR) is 77.4 cm³/mol. The number of nitrogens with one attached hydrogen (secondary N) is 2. The fourth-order valence-electron chi connectivity index (χ4n) is 3.63. The van der Waals surface area contributed by atoms with E-state index >= 15 is 0 Å². The number of carbonyl (C=O) groups excluding carboxylic acids is 1. The second kappa shape index (κ2) is 5.14. The van der Waals surface area contributed by atoms with Crippen LogP contribution in [0.1, 0.15) is 29.8 Å². The average molecular weight is 292 g/mol. The maximum Gasteiger partial charge on any atom is 0.326 e. The summed E-state index contributed by atoms with van der Waals surface area (Å²) in [7, 11) is 2.10. The van der Waals surface area contributed by atoms with Gasteiger partial charge in [0, 0.05) is 31.1 Å². The number of amides is 1. The molecule has 3 heterocycles. The summed E-state index contributed by atoms with van der Waals surface area (Å²) < 4.78 is 0. The van der Waals surface area contributed by atoms with Crippen molar-refractivity contribution in [2.75, 3.05) is 33.2 Å². The molecule has 1 amide bonds. The molecule has 0 radical (unpaired) electrons. The highest BCUT2D eigenvalue weighted by Gasteiger charge is 2.41. The molecular formula is C14H20N4O3. The van der Waals surface area contributed by atoms with Crippen LogP contribution >= 0.6 is 0 Å². The van der Waals surface area contributed by atoms with Crippen molar-refractivity contribution in [1.82, 2.24) is 19.8 Å². The summed E-state index contributed by atoms with van der Waals surface area (Å²) in [5, 5.41) is 0. The second-order valence-electron chi connectivity index (χ2n) is 6.32. The first-order chi connectivity index (χ1) is 9.97. The van der Waals surface area contributed by atoms with Crippen LogP contribution < -0.4 is 11.2 Å². The summed E-state index contributed by atoms with van der Waals surface area (Å²) in [6, 6.07) is 1.16. The van der Waals surface area contributed by atoms with Crippen LogP contribution in [0.25, 0.3) is 0 Å². The van der Waals surface area contributed by atoms with Gasteiger partial charge in [-0.15, -0.1) is 0 Å². The zero-order valence-corrected chi connectivity index (χ0v) is 12.1. The summed E-state index contributed by atoms with van der Waals surface area (Å²) in [5.74, 6) is -0.258. The SMILES string of the molecule is CN1CCC2(CCCN(C(=O)c3cc(=O)[nH]c(=O)[nH]3)C2)C1. The van der Waals surface area contributed by atoms with Gasteiger partial charge in [0.25, 0.3) is 11.5 Å². The third kappa shape index (κ3) is 2.78. The maximum atomic E-state index is 12.5. The number of nitrogens with zero attached hydrogens (tertiary/aromatic N) is 2. The zero-order chi connectivity index (χ0) is 15.0. The van der Waals surface area contributed by atoms with Crippen LogP contribution in [0.2, 0.25) is 0 Å². The average Bonchev–Trinajstić information content (AvgIpc) is 2.77. The minimum atomic E-state index is -0.641. The van der Waals surface area contributed by atoms with Crippen molar-refractivity contribution in [2.24, 2.45) is 5.41 Å². The van der Waals surface area contributed by atoms with Crippen LogP contribution in [-0.4, -0.2) is 58.9 Å². The van der Waals surface area contributed by atoms with Crippen molar-refractivity contribution in [3.63, 3.8) is 0 Å². The van der Waals surface area contributed by atoms with E-state index in [1.165, 1.54) is 0 Å².